The Kier molecular flexibility index (Phi) is 4.06. The highest BCUT2D eigenvalue weighted by Gasteiger charge is 2.43. The average Bonchev–Trinajstić information content (AvgIpc) is 2.91. The molecule has 3 N–H and O–H groups in total. The van der Waals surface area contributed by atoms with Crippen LogP contribution in [0.25, 0.3) is 10.8 Å². The maximum atomic E-state index is 11.8. The molecule has 0 aromatic heterocycles. The molecule has 5 nitrogen and oxygen atoms in total. The third-order valence-corrected chi connectivity index (χ3v) is 5.12. The number of carboxylic acid groups (broad SMARTS) is 1. The van der Waals surface area contributed by atoms with Crippen molar-refractivity contribution in [3.63, 3.8) is 0 Å². The normalized spacial score (nSPS) is 19.6. The number of rotatable bonds is 4. The van der Waals surface area contributed by atoms with E-state index < -0.39 is 5.97 Å². The predicted octanol–water partition coefficient (Wildman–Crippen LogP) is 3.91. The van der Waals surface area contributed by atoms with E-state index in [1.165, 1.54) is 0 Å². The van der Waals surface area contributed by atoms with Crippen molar-refractivity contribution in [1.82, 2.24) is 4.48 Å². The van der Waals surface area contributed by atoms with Gasteiger partial charge in [0.2, 0.25) is 5.84 Å². The van der Waals surface area contributed by atoms with Crippen LogP contribution in [-0.4, -0.2) is 36.5 Å². The number of fused-ring (bicyclic) bond motifs is 2. The second-order valence-electron chi connectivity index (χ2n) is 7.33. The molecule has 0 amide bonds. The lowest BCUT2D eigenvalue weighted by atomic mass is 10.0. The van der Waals surface area contributed by atoms with Crippen LogP contribution in [0, 0.1) is 0 Å². The van der Waals surface area contributed by atoms with Gasteiger partial charge in [-0.2, -0.15) is 4.99 Å². The van der Waals surface area contributed by atoms with Crippen molar-refractivity contribution in [1.29, 1.82) is 0 Å². The maximum absolute atomic E-state index is 11.8. The molecule has 0 radical (unpaired) electrons. The number of benzene rings is 3. The number of amidine groups is 1. The van der Waals surface area contributed by atoms with Crippen molar-refractivity contribution in [2.24, 2.45) is 10.7 Å². The Morgan fingerprint density at radius 2 is 1.74 bits per heavy atom. The molecule has 1 aliphatic heterocycles. The Hall–Kier alpha value is -3.02. The fourth-order valence-electron chi connectivity index (χ4n) is 3.99. The standard InChI is InChI=1S/C22H21N3O2/c1-14(23)13-25(2)20-12-16-8-4-3-7-15(16)11-19(20)24-21(25)17-9-5-6-10-18(17)22(26)27/h3-12,14H,13,23H2,1-2H3/p+1. The van der Waals surface area contributed by atoms with Gasteiger partial charge in [0.15, 0.2) is 5.69 Å². The summed E-state index contributed by atoms with van der Waals surface area (Å²) in [4.78, 5) is 16.7. The van der Waals surface area contributed by atoms with Crippen molar-refractivity contribution in [2.45, 2.75) is 13.0 Å². The van der Waals surface area contributed by atoms with E-state index in [4.69, 9.17) is 10.7 Å². The van der Waals surface area contributed by atoms with E-state index in [0.29, 0.717) is 16.6 Å². The van der Waals surface area contributed by atoms with Crippen LogP contribution in [0.3, 0.4) is 0 Å². The summed E-state index contributed by atoms with van der Waals surface area (Å²) in [5.74, 6) is -0.239. The van der Waals surface area contributed by atoms with Crippen LogP contribution >= 0.6 is 0 Å². The van der Waals surface area contributed by atoms with Crippen LogP contribution in [0.15, 0.2) is 65.7 Å². The predicted molar refractivity (Wildman–Crippen MR) is 110 cm³/mol. The molecule has 1 heterocycles. The maximum Gasteiger partial charge on any atom is 0.336 e. The molecule has 2 unspecified atom stereocenters. The van der Waals surface area contributed by atoms with Crippen LogP contribution < -0.4 is 10.2 Å². The number of likely N-dealkylation sites (N-methyl/N-ethyl adjacent to an activating group) is 1. The molecule has 136 valence electrons. The SMILES string of the molecule is CC(N)C[N+]1(C)C(c2ccccc2C(=O)O)=Nc2cc3ccccc3cc21. The topological polar surface area (TPSA) is 75.7 Å². The minimum Gasteiger partial charge on any atom is -0.478 e. The van der Waals surface area contributed by atoms with Gasteiger partial charge in [0.05, 0.1) is 24.2 Å². The largest absolute Gasteiger partial charge is 0.478 e. The molecule has 2 atom stereocenters. The van der Waals surface area contributed by atoms with Gasteiger partial charge in [0.25, 0.3) is 0 Å². The van der Waals surface area contributed by atoms with Crippen LogP contribution in [-0.2, 0) is 0 Å². The molecule has 0 saturated carbocycles. The number of nitrogens with two attached hydrogens (primary N) is 1. The number of aromatic carboxylic acids is 1. The second-order valence-corrected chi connectivity index (χ2v) is 7.33. The first-order chi connectivity index (χ1) is 12.9. The van der Waals surface area contributed by atoms with Crippen LogP contribution in [0.5, 0.6) is 0 Å². The van der Waals surface area contributed by atoms with E-state index >= 15 is 0 Å². The second kappa shape index (κ2) is 6.30. The number of carbonyl (C=O) groups is 1. The van der Waals surface area contributed by atoms with Crippen molar-refractivity contribution in [3.8, 4) is 0 Å². The van der Waals surface area contributed by atoms with E-state index in [2.05, 4.69) is 31.3 Å². The summed E-state index contributed by atoms with van der Waals surface area (Å²) >= 11 is 0. The van der Waals surface area contributed by atoms with Gasteiger partial charge in [-0.25, -0.2) is 9.28 Å². The zero-order valence-electron chi connectivity index (χ0n) is 15.4. The molecular formula is C22H22N3O2+. The molecule has 0 bridgehead atoms. The Bertz CT molecular complexity index is 1090. The lowest BCUT2D eigenvalue weighted by Gasteiger charge is -2.32. The molecule has 5 heteroatoms. The first-order valence-electron chi connectivity index (χ1n) is 8.96. The molecule has 0 fully saturated rings. The number of carboxylic acids is 1. The Balaban J connectivity index is 1.98. The molecule has 1 aliphatic rings. The highest BCUT2D eigenvalue weighted by molar-refractivity contribution is 6.17. The van der Waals surface area contributed by atoms with E-state index in [1.54, 1.807) is 12.1 Å². The fraction of sp³-hybridized carbons (Fsp3) is 0.182. The fourth-order valence-corrected chi connectivity index (χ4v) is 3.99. The van der Waals surface area contributed by atoms with Gasteiger partial charge in [-0.15, -0.1) is 0 Å². The van der Waals surface area contributed by atoms with Crippen molar-refractivity contribution in [2.75, 3.05) is 13.6 Å². The summed E-state index contributed by atoms with van der Waals surface area (Å²) in [5.41, 5.74) is 8.97. The lowest BCUT2D eigenvalue weighted by Crippen LogP contribution is -2.54. The number of hydrogen-bond donors (Lipinski definition) is 2. The van der Waals surface area contributed by atoms with Crippen molar-refractivity contribution >= 4 is 34.0 Å². The number of hydrogen-bond acceptors (Lipinski definition) is 3. The van der Waals surface area contributed by atoms with Crippen molar-refractivity contribution < 1.29 is 9.90 Å². The van der Waals surface area contributed by atoms with Gasteiger partial charge in [0, 0.05) is 6.07 Å². The molecule has 4 rings (SSSR count). The number of nitrogens with zero attached hydrogens (tertiary/aromatic N) is 2. The summed E-state index contributed by atoms with van der Waals surface area (Å²) in [7, 11) is 2.06. The quantitative estimate of drug-likeness (QED) is 0.693. The Morgan fingerprint density at radius 3 is 2.41 bits per heavy atom. The zero-order chi connectivity index (χ0) is 19.2. The minimum absolute atomic E-state index is 0.0744. The van der Waals surface area contributed by atoms with Gasteiger partial charge in [-0.1, -0.05) is 36.4 Å². The summed E-state index contributed by atoms with van der Waals surface area (Å²) in [5, 5.41) is 11.9. The van der Waals surface area contributed by atoms with E-state index in [-0.39, 0.29) is 11.6 Å². The van der Waals surface area contributed by atoms with E-state index in [9.17, 15) is 9.90 Å². The van der Waals surface area contributed by atoms with Gasteiger partial charge in [-0.3, -0.25) is 0 Å². The summed E-state index contributed by atoms with van der Waals surface area (Å²) in [6.45, 7) is 2.58. The van der Waals surface area contributed by atoms with Crippen LogP contribution in [0.2, 0.25) is 0 Å². The minimum atomic E-state index is -0.957. The smallest absolute Gasteiger partial charge is 0.336 e. The lowest BCUT2D eigenvalue weighted by molar-refractivity contribution is 0.0696. The monoisotopic (exact) mass is 360 g/mol. The highest BCUT2D eigenvalue weighted by atomic mass is 16.4. The zero-order valence-corrected chi connectivity index (χ0v) is 15.4. The highest BCUT2D eigenvalue weighted by Crippen LogP contribution is 2.44. The van der Waals surface area contributed by atoms with Crippen molar-refractivity contribution in [3.05, 3.63) is 71.8 Å². The molecule has 0 saturated heterocycles. The molecule has 0 aliphatic carbocycles. The van der Waals surface area contributed by atoms with Gasteiger partial charge >= 0.3 is 5.97 Å². The van der Waals surface area contributed by atoms with E-state index in [1.807, 2.05) is 31.2 Å². The molecular weight excluding hydrogens is 338 g/mol. The van der Waals surface area contributed by atoms with Crippen LogP contribution in [0.1, 0.15) is 22.8 Å². The van der Waals surface area contributed by atoms with Gasteiger partial charge in [-0.05, 0) is 35.9 Å². The third kappa shape index (κ3) is 2.81. The van der Waals surface area contributed by atoms with Gasteiger partial charge < -0.3 is 10.8 Å². The number of aliphatic imine (C=N–C) groups is 1. The molecule has 3 aromatic carbocycles. The number of quaternary nitrogens is 1. The Labute approximate surface area is 158 Å². The summed E-state index contributed by atoms with van der Waals surface area (Å²) in [6, 6.07) is 19.3. The summed E-state index contributed by atoms with van der Waals surface area (Å²) in [6.07, 6.45) is 0. The summed E-state index contributed by atoms with van der Waals surface area (Å²) < 4.78 is 0.377. The van der Waals surface area contributed by atoms with Gasteiger partial charge in [0.1, 0.15) is 12.2 Å². The van der Waals surface area contributed by atoms with Crippen LogP contribution in [0.4, 0.5) is 11.4 Å². The third-order valence-electron chi connectivity index (χ3n) is 5.12. The average molecular weight is 360 g/mol. The molecule has 27 heavy (non-hydrogen) atoms. The first-order valence-corrected chi connectivity index (χ1v) is 8.96. The molecule has 3 aromatic rings. The Morgan fingerprint density at radius 1 is 1.11 bits per heavy atom. The first kappa shape index (κ1) is 17.4. The van der Waals surface area contributed by atoms with E-state index in [0.717, 1.165) is 28.0 Å². The molecule has 0 spiro atoms.